The Hall–Kier alpha value is -1.74. The van der Waals surface area contributed by atoms with Crippen LogP contribution in [0.2, 0.25) is 0 Å². The fraction of sp³-hybridized carbons (Fsp3) is 0.200. The Morgan fingerprint density at radius 3 is 2.47 bits per heavy atom. The summed E-state index contributed by atoms with van der Waals surface area (Å²) in [6, 6.07) is 20.6. The topological polar surface area (TPSA) is 0 Å². The lowest BCUT2D eigenvalue weighted by Crippen LogP contribution is -1.91. The molecule has 0 radical (unpaired) electrons. The molecule has 0 unspecified atom stereocenters. The zero-order valence-electron chi connectivity index (χ0n) is 9.12. The minimum atomic E-state index is 0.537. The summed E-state index contributed by atoms with van der Waals surface area (Å²) in [6.45, 7) is 4.43. The highest BCUT2D eigenvalue weighted by atomic mass is 14.1. The lowest BCUT2D eigenvalue weighted by Gasteiger charge is -2.11. The third kappa shape index (κ3) is 2.02. The first-order valence-electron chi connectivity index (χ1n) is 5.26. The van der Waals surface area contributed by atoms with E-state index in [0.29, 0.717) is 5.92 Å². The van der Waals surface area contributed by atoms with Crippen LogP contribution in [0.4, 0.5) is 0 Å². The van der Waals surface area contributed by atoms with Crippen molar-refractivity contribution < 1.29 is 0 Å². The van der Waals surface area contributed by atoms with E-state index < -0.39 is 0 Å². The molecule has 0 aromatic heterocycles. The molecule has 2 aromatic carbocycles. The van der Waals surface area contributed by atoms with E-state index in [2.05, 4.69) is 56.3 Å². The second kappa shape index (κ2) is 4.19. The van der Waals surface area contributed by atoms with Crippen molar-refractivity contribution in [3.05, 3.63) is 60.2 Å². The van der Waals surface area contributed by atoms with Crippen molar-refractivity contribution in [3.8, 4) is 11.1 Å². The SMILES string of the molecule is CC(C)c1ccccc1-c1c#cccc1. The Morgan fingerprint density at radius 2 is 1.80 bits per heavy atom. The fourth-order valence-corrected chi connectivity index (χ4v) is 1.76. The molecule has 0 aliphatic carbocycles. The molecule has 0 heteroatoms. The average Bonchev–Trinajstić information content (AvgIpc) is 2.30. The summed E-state index contributed by atoms with van der Waals surface area (Å²) in [4.78, 5) is 0. The van der Waals surface area contributed by atoms with Gasteiger partial charge in [0, 0.05) is 5.56 Å². The van der Waals surface area contributed by atoms with Crippen LogP contribution in [0.3, 0.4) is 0 Å². The van der Waals surface area contributed by atoms with E-state index in [1.165, 1.54) is 11.1 Å². The van der Waals surface area contributed by atoms with Crippen LogP contribution in [-0.4, -0.2) is 0 Å². The monoisotopic (exact) mass is 194 g/mol. The van der Waals surface area contributed by atoms with Gasteiger partial charge in [-0.1, -0.05) is 56.3 Å². The lowest BCUT2D eigenvalue weighted by molar-refractivity contribution is 0.869. The number of rotatable bonds is 2. The fourth-order valence-electron chi connectivity index (χ4n) is 1.76. The highest BCUT2D eigenvalue weighted by molar-refractivity contribution is 5.66. The van der Waals surface area contributed by atoms with Gasteiger partial charge in [-0.25, -0.2) is 0 Å². The maximum Gasteiger partial charge on any atom is 0.0324 e. The summed E-state index contributed by atoms with van der Waals surface area (Å²) in [6.07, 6.45) is 0. The quantitative estimate of drug-likeness (QED) is 0.675. The molecule has 0 saturated carbocycles. The van der Waals surface area contributed by atoms with E-state index in [0.717, 1.165) is 5.56 Å². The molecular formula is C15H14. The standard InChI is InChI=1S/C15H14/c1-12(2)14-10-6-7-11-15(14)13-8-4-3-5-9-13/h3-4,6-8,10-12H,1-2H3. The smallest absolute Gasteiger partial charge is 0.0324 e. The third-order valence-electron chi connectivity index (χ3n) is 2.52. The van der Waals surface area contributed by atoms with Gasteiger partial charge in [0.1, 0.15) is 0 Å². The van der Waals surface area contributed by atoms with Crippen molar-refractivity contribution >= 4 is 0 Å². The number of benzene rings is 1. The first-order chi connectivity index (χ1) is 7.29. The summed E-state index contributed by atoms with van der Waals surface area (Å²) in [5.41, 5.74) is 3.76. The first-order valence-corrected chi connectivity index (χ1v) is 5.26. The zero-order chi connectivity index (χ0) is 10.7. The van der Waals surface area contributed by atoms with Crippen molar-refractivity contribution in [2.24, 2.45) is 0 Å². The Kier molecular flexibility index (Phi) is 2.74. The molecule has 0 nitrogen and oxygen atoms in total. The molecule has 0 aliphatic rings. The molecule has 0 atom stereocenters. The van der Waals surface area contributed by atoms with Crippen molar-refractivity contribution in [2.45, 2.75) is 19.8 Å². The van der Waals surface area contributed by atoms with Crippen molar-refractivity contribution in [3.63, 3.8) is 0 Å². The molecule has 0 amide bonds. The van der Waals surface area contributed by atoms with Crippen LogP contribution in [-0.2, 0) is 0 Å². The molecular weight excluding hydrogens is 180 g/mol. The summed E-state index contributed by atoms with van der Waals surface area (Å²) < 4.78 is 0. The number of hydrogen-bond acceptors (Lipinski definition) is 0. The van der Waals surface area contributed by atoms with Gasteiger partial charge in [-0.05, 0) is 29.2 Å². The van der Waals surface area contributed by atoms with Crippen LogP contribution in [0.25, 0.3) is 11.1 Å². The first kappa shape index (κ1) is 9.80. The van der Waals surface area contributed by atoms with Gasteiger partial charge in [0.05, 0.1) is 0 Å². The second-order valence-corrected chi connectivity index (χ2v) is 3.95. The predicted molar refractivity (Wildman–Crippen MR) is 63.6 cm³/mol. The highest BCUT2D eigenvalue weighted by Gasteiger charge is 2.06. The molecule has 0 N–H and O–H groups in total. The normalized spacial score (nSPS) is 10.1. The maximum atomic E-state index is 3.15. The minimum absolute atomic E-state index is 0.537. The largest absolute Gasteiger partial charge is 0.0696 e. The van der Waals surface area contributed by atoms with E-state index in [1.54, 1.807) is 0 Å². The summed E-state index contributed by atoms with van der Waals surface area (Å²) in [5, 5.41) is 0. The van der Waals surface area contributed by atoms with Gasteiger partial charge in [-0.3, -0.25) is 0 Å². The molecule has 0 saturated heterocycles. The molecule has 0 bridgehead atoms. The van der Waals surface area contributed by atoms with Gasteiger partial charge in [0.25, 0.3) is 0 Å². The van der Waals surface area contributed by atoms with Crippen molar-refractivity contribution in [1.29, 1.82) is 0 Å². The Labute approximate surface area is 91.6 Å². The summed E-state index contributed by atoms with van der Waals surface area (Å²) in [5.74, 6) is 0.537. The molecule has 15 heavy (non-hydrogen) atoms. The van der Waals surface area contributed by atoms with Crippen LogP contribution in [0.5, 0.6) is 0 Å². The molecule has 0 aliphatic heterocycles. The second-order valence-electron chi connectivity index (χ2n) is 3.95. The van der Waals surface area contributed by atoms with Crippen LogP contribution in [0.1, 0.15) is 25.3 Å². The molecule has 0 heterocycles. The Morgan fingerprint density at radius 1 is 1.00 bits per heavy atom. The number of hydrogen-bond donors (Lipinski definition) is 0. The summed E-state index contributed by atoms with van der Waals surface area (Å²) in [7, 11) is 0. The average molecular weight is 194 g/mol. The van der Waals surface area contributed by atoms with Gasteiger partial charge in [-0.2, -0.15) is 0 Å². The van der Waals surface area contributed by atoms with E-state index in [-0.39, 0.29) is 0 Å². The molecule has 2 rings (SSSR count). The predicted octanol–water partition coefficient (Wildman–Crippen LogP) is 4.08. The van der Waals surface area contributed by atoms with Crippen LogP contribution >= 0.6 is 0 Å². The molecule has 74 valence electrons. The van der Waals surface area contributed by atoms with Crippen molar-refractivity contribution in [2.75, 3.05) is 0 Å². The molecule has 2 aromatic rings. The molecule has 0 fully saturated rings. The van der Waals surface area contributed by atoms with Crippen LogP contribution in [0, 0.1) is 12.1 Å². The zero-order valence-corrected chi connectivity index (χ0v) is 9.12. The van der Waals surface area contributed by atoms with Gasteiger partial charge in [0.15, 0.2) is 0 Å². The van der Waals surface area contributed by atoms with E-state index in [9.17, 15) is 0 Å². The van der Waals surface area contributed by atoms with E-state index in [1.807, 2.05) is 12.1 Å². The van der Waals surface area contributed by atoms with Crippen molar-refractivity contribution in [1.82, 2.24) is 0 Å². The Bertz CT molecular complexity index is 427. The van der Waals surface area contributed by atoms with Crippen LogP contribution in [0.15, 0.2) is 42.5 Å². The van der Waals surface area contributed by atoms with Gasteiger partial charge in [-0.15, -0.1) is 0 Å². The highest BCUT2D eigenvalue weighted by Crippen LogP contribution is 2.27. The Balaban J connectivity index is 2.53. The van der Waals surface area contributed by atoms with Gasteiger partial charge >= 0.3 is 0 Å². The lowest BCUT2D eigenvalue weighted by atomic mass is 9.93. The third-order valence-corrected chi connectivity index (χ3v) is 2.52. The van der Waals surface area contributed by atoms with E-state index >= 15 is 0 Å². The maximum absolute atomic E-state index is 3.15. The van der Waals surface area contributed by atoms with Gasteiger partial charge < -0.3 is 0 Å². The van der Waals surface area contributed by atoms with Gasteiger partial charge in [0.2, 0.25) is 0 Å². The molecule has 0 spiro atoms. The summed E-state index contributed by atoms with van der Waals surface area (Å²) >= 11 is 0. The minimum Gasteiger partial charge on any atom is -0.0696 e. The van der Waals surface area contributed by atoms with E-state index in [4.69, 9.17) is 0 Å². The van der Waals surface area contributed by atoms with Crippen LogP contribution < -0.4 is 0 Å².